The minimum absolute atomic E-state index is 0.547. The van der Waals surface area contributed by atoms with Crippen LogP contribution in [-0.2, 0) is 0 Å². The molecule has 1 aliphatic rings. The van der Waals surface area contributed by atoms with E-state index >= 15 is 0 Å². The van der Waals surface area contributed by atoms with Gasteiger partial charge in [-0.1, -0.05) is 39.0 Å². The van der Waals surface area contributed by atoms with E-state index in [1.165, 1.54) is 45.1 Å². The number of nitrogens with zero attached hydrogens (tertiary/aromatic N) is 2. The Balaban J connectivity index is 2.11. The van der Waals surface area contributed by atoms with Crippen molar-refractivity contribution >= 4 is 0 Å². The molecule has 0 bridgehead atoms. The zero-order chi connectivity index (χ0) is 12.7. The summed E-state index contributed by atoms with van der Waals surface area (Å²) >= 11 is 0. The minimum atomic E-state index is 0.547. The Morgan fingerprint density at radius 3 is 2.24 bits per heavy atom. The van der Waals surface area contributed by atoms with Crippen LogP contribution in [0, 0.1) is 0 Å². The van der Waals surface area contributed by atoms with Gasteiger partial charge in [-0.3, -0.25) is 0 Å². The first-order valence-corrected chi connectivity index (χ1v) is 7.38. The Morgan fingerprint density at radius 2 is 1.65 bits per heavy atom. The highest BCUT2D eigenvalue weighted by molar-refractivity contribution is 4.96. The Labute approximate surface area is 108 Å². The maximum atomic E-state index is 2.47. The van der Waals surface area contributed by atoms with Gasteiger partial charge in [0.15, 0.2) is 0 Å². The molecule has 0 aliphatic carbocycles. The molecule has 0 aromatic rings. The van der Waals surface area contributed by atoms with Crippen LogP contribution in [0.5, 0.6) is 0 Å². The van der Waals surface area contributed by atoms with Crippen LogP contribution < -0.4 is 0 Å². The molecular formula is C15H30N2. The van der Waals surface area contributed by atoms with Gasteiger partial charge in [0.25, 0.3) is 0 Å². The molecule has 100 valence electrons. The highest BCUT2D eigenvalue weighted by Gasteiger charge is 2.22. The van der Waals surface area contributed by atoms with E-state index in [0.717, 1.165) is 0 Å². The van der Waals surface area contributed by atoms with Crippen molar-refractivity contribution in [2.24, 2.45) is 0 Å². The first-order chi connectivity index (χ1) is 8.16. The molecule has 2 heteroatoms. The largest absolute Gasteiger partial charge is 0.356 e. The van der Waals surface area contributed by atoms with Crippen LogP contribution in [0.3, 0.4) is 0 Å². The lowest BCUT2D eigenvalue weighted by atomic mass is 10.1. The van der Waals surface area contributed by atoms with E-state index in [0.29, 0.717) is 12.2 Å². The first kappa shape index (κ1) is 14.4. The van der Waals surface area contributed by atoms with E-state index in [2.05, 4.69) is 49.9 Å². The van der Waals surface area contributed by atoms with Crippen molar-refractivity contribution in [1.29, 1.82) is 0 Å². The second kappa shape index (κ2) is 7.62. The van der Waals surface area contributed by atoms with E-state index in [9.17, 15) is 0 Å². The lowest BCUT2D eigenvalue weighted by Gasteiger charge is -2.32. The van der Waals surface area contributed by atoms with Crippen LogP contribution in [0.25, 0.3) is 0 Å². The van der Waals surface area contributed by atoms with E-state index in [-0.39, 0.29) is 0 Å². The lowest BCUT2D eigenvalue weighted by molar-refractivity contribution is 0.141. The molecule has 2 nitrogen and oxygen atoms in total. The number of hydrogen-bond donors (Lipinski definition) is 0. The molecule has 0 aromatic heterocycles. The fraction of sp³-hybridized carbons (Fsp3) is 0.867. The highest BCUT2D eigenvalue weighted by Crippen LogP contribution is 2.19. The molecule has 0 spiro atoms. The van der Waals surface area contributed by atoms with Crippen molar-refractivity contribution in [3.63, 3.8) is 0 Å². The average molecular weight is 238 g/mol. The van der Waals surface area contributed by atoms with Gasteiger partial charge in [-0.05, 0) is 27.2 Å². The van der Waals surface area contributed by atoms with E-state index < -0.39 is 0 Å². The second-order valence-electron chi connectivity index (χ2n) is 5.48. The summed E-state index contributed by atoms with van der Waals surface area (Å²) in [5.74, 6) is 0. The molecule has 1 aliphatic heterocycles. The molecule has 0 amide bonds. The topological polar surface area (TPSA) is 6.48 Å². The third kappa shape index (κ3) is 4.61. The SMILES string of the molecule is CCCCCCCCN1C=CN(C(C)C)C1C. The summed E-state index contributed by atoms with van der Waals surface area (Å²) in [6, 6.07) is 0.607. The van der Waals surface area contributed by atoms with Crippen molar-refractivity contribution in [2.75, 3.05) is 6.54 Å². The summed E-state index contributed by atoms with van der Waals surface area (Å²) in [6.45, 7) is 10.3. The Bertz CT molecular complexity index is 223. The van der Waals surface area contributed by atoms with E-state index in [4.69, 9.17) is 0 Å². The molecule has 0 N–H and O–H groups in total. The Morgan fingerprint density at radius 1 is 1.00 bits per heavy atom. The number of hydrogen-bond acceptors (Lipinski definition) is 2. The van der Waals surface area contributed by atoms with Gasteiger partial charge < -0.3 is 9.80 Å². The van der Waals surface area contributed by atoms with Crippen molar-refractivity contribution in [2.45, 2.75) is 78.4 Å². The van der Waals surface area contributed by atoms with Gasteiger partial charge in [0.05, 0.1) is 6.17 Å². The molecular weight excluding hydrogens is 208 g/mol. The standard InChI is InChI=1S/C15H30N2/c1-5-6-7-8-9-10-11-16-12-13-17(14(2)3)15(16)4/h12-15H,5-11H2,1-4H3. The Kier molecular flexibility index (Phi) is 6.46. The van der Waals surface area contributed by atoms with Crippen LogP contribution in [0.15, 0.2) is 12.4 Å². The fourth-order valence-electron chi connectivity index (χ4n) is 2.52. The summed E-state index contributed by atoms with van der Waals surface area (Å²) in [5, 5.41) is 0. The van der Waals surface area contributed by atoms with Gasteiger partial charge in [-0.15, -0.1) is 0 Å². The van der Waals surface area contributed by atoms with Crippen LogP contribution in [0.1, 0.15) is 66.2 Å². The molecule has 0 fully saturated rings. The third-order valence-electron chi connectivity index (χ3n) is 3.71. The highest BCUT2D eigenvalue weighted by atomic mass is 15.4. The van der Waals surface area contributed by atoms with Gasteiger partial charge in [0.1, 0.15) is 0 Å². The van der Waals surface area contributed by atoms with Gasteiger partial charge in [0, 0.05) is 25.0 Å². The fourth-order valence-corrected chi connectivity index (χ4v) is 2.52. The molecule has 0 aromatic carbocycles. The van der Waals surface area contributed by atoms with Gasteiger partial charge in [-0.2, -0.15) is 0 Å². The maximum Gasteiger partial charge on any atom is 0.0980 e. The van der Waals surface area contributed by atoms with Crippen molar-refractivity contribution in [3.8, 4) is 0 Å². The summed E-state index contributed by atoms with van der Waals surface area (Å²) in [7, 11) is 0. The van der Waals surface area contributed by atoms with Gasteiger partial charge in [0.2, 0.25) is 0 Å². The van der Waals surface area contributed by atoms with Crippen molar-refractivity contribution < 1.29 is 0 Å². The van der Waals surface area contributed by atoms with Crippen molar-refractivity contribution in [1.82, 2.24) is 9.80 Å². The molecule has 1 unspecified atom stereocenters. The predicted molar refractivity (Wildman–Crippen MR) is 75.7 cm³/mol. The molecule has 17 heavy (non-hydrogen) atoms. The van der Waals surface area contributed by atoms with Crippen LogP contribution in [0.2, 0.25) is 0 Å². The van der Waals surface area contributed by atoms with Crippen LogP contribution in [0.4, 0.5) is 0 Å². The zero-order valence-corrected chi connectivity index (χ0v) is 12.2. The monoisotopic (exact) mass is 238 g/mol. The Hall–Kier alpha value is -0.660. The molecule has 1 atom stereocenters. The minimum Gasteiger partial charge on any atom is -0.356 e. The summed E-state index contributed by atoms with van der Waals surface area (Å²) < 4.78 is 0. The zero-order valence-electron chi connectivity index (χ0n) is 12.2. The third-order valence-corrected chi connectivity index (χ3v) is 3.71. The predicted octanol–water partition coefficient (Wildman–Crippen LogP) is 4.19. The summed E-state index contributed by atoms with van der Waals surface area (Å²) in [5.41, 5.74) is 0. The normalized spacial score (nSPS) is 19.7. The van der Waals surface area contributed by atoms with Crippen LogP contribution in [-0.4, -0.2) is 28.6 Å². The molecule has 1 rings (SSSR count). The van der Waals surface area contributed by atoms with Crippen LogP contribution >= 0.6 is 0 Å². The number of rotatable bonds is 8. The second-order valence-corrected chi connectivity index (χ2v) is 5.48. The van der Waals surface area contributed by atoms with Crippen molar-refractivity contribution in [3.05, 3.63) is 12.4 Å². The molecule has 0 saturated heterocycles. The van der Waals surface area contributed by atoms with E-state index in [1.807, 2.05) is 0 Å². The molecule has 0 saturated carbocycles. The first-order valence-electron chi connectivity index (χ1n) is 7.38. The summed E-state index contributed by atoms with van der Waals surface area (Å²) in [6.07, 6.45) is 13.3. The van der Waals surface area contributed by atoms with Gasteiger partial charge >= 0.3 is 0 Å². The molecule has 0 radical (unpaired) electrons. The number of unbranched alkanes of at least 4 members (excludes halogenated alkanes) is 5. The van der Waals surface area contributed by atoms with Gasteiger partial charge in [-0.25, -0.2) is 0 Å². The maximum absolute atomic E-state index is 2.47. The summed E-state index contributed by atoms with van der Waals surface area (Å²) in [4.78, 5) is 4.90. The van der Waals surface area contributed by atoms with E-state index in [1.54, 1.807) is 0 Å². The smallest absolute Gasteiger partial charge is 0.0980 e. The average Bonchev–Trinajstić information content (AvgIpc) is 2.65. The lowest BCUT2D eigenvalue weighted by Crippen LogP contribution is -2.39. The molecule has 1 heterocycles. The quantitative estimate of drug-likeness (QED) is 0.585.